The molecule has 1 aliphatic rings. The van der Waals surface area contributed by atoms with Crippen molar-refractivity contribution >= 4 is 17.5 Å². The molecule has 1 aromatic heterocycles. The van der Waals surface area contributed by atoms with E-state index in [1.165, 1.54) is 6.92 Å². The number of nitrogens with zero attached hydrogens (tertiary/aromatic N) is 2. The predicted molar refractivity (Wildman–Crippen MR) is 91.9 cm³/mol. The molecule has 1 fully saturated rings. The summed E-state index contributed by atoms with van der Waals surface area (Å²) in [6.45, 7) is 9.47. The molecule has 0 aliphatic heterocycles. The third-order valence-corrected chi connectivity index (χ3v) is 4.06. The molecule has 23 heavy (non-hydrogen) atoms. The van der Waals surface area contributed by atoms with Gasteiger partial charge in [0.1, 0.15) is 5.82 Å². The molecule has 0 aromatic carbocycles. The zero-order chi connectivity index (χ0) is 17.3. The first-order valence-corrected chi connectivity index (χ1v) is 8.21. The smallest absolute Gasteiger partial charge is 0.224 e. The Hall–Kier alpha value is -1.69. The number of nitrogens with one attached hydrogen (secondary N) is 2. The Bertz CT molecular complexity index is 568. The van der Waals surface area contributed by atoms with Gasteiger partial charge in [-0.15, -0.1) is 0 Å². The van der Waals surface area contributed by atoms with Gasteiger partial charge in [-0.3, -0.25) is 4.79 Å². The minimum absolute atomic E-state index is 0.0583. The third kappa shape index (κ3) is 5.16. The highest BCUT2D eigenvalue weighted by Crippen LogP contribution is 2.29. The van der Waals surface area contributed by atoms with Crippen LogP contribution < -0.4 is 10.6 Å². The van der Waals surface area contributed by atoms with Crippen molar-refractivity contribution in [2.24, 2.45) is 0 Å². The summed E-state index contributed by atoms with van der Waals surface area (Å²) in [5.41, 5.74) is -0.257. The van der Waals surface area contributed by atoms with Crippen LogP contribution in [0, 0.1) is 0 Å². The lowest BCUT2D eigenvalue weighted by atomic mass is 9.84. The number of hydrogen-bond acceptors (Lipinski definition) is 6. The number of carbonyl (C=O) groups is 1. The van der Waals surface area contributed by atoms with E-state index >= 15 is 0 Å². The molecule has 0 spiro atoms. The molecule has 3 N–H and O–H groups in total. The van der Waals surface area contributed by atoms with Crippen molar-refractivity contribution in [3.05, 3.63) is 11.8 Å². The van der Waals surface area contributed by atoms with Crippen molar-refractivity contribution in [3.8, 4) is 0 Å². The molecule has 1 saturated carbocycles. The van der Waals surface area contributed by atoms with E-state index in [2.05, 4.69) is 20.6 Å². The van der Waals surface area contributed by atoms with E-state index < -0.39 is 5.60 Å². The van der Waals surface area contributed by atoms with Crippen LogP contribution in [0.3, 0.4) is 0 Å². The molecule has 6 heteroatoms. The molecule has 0 radical (unpaired) electrons. The van der Waals surface area contributed by atoms with Crippen LogP contribution >= 0.6 is 0 Å². The lowest BCUT2D eigenvalue weighted by Crippen LogP contribution is -2.36. The third-order valence-electron chi connectivity index (χ3n) is 4.06. The van der Waals surface area contributed by atoms with Gasteiger partial charge in [0, 0.05) is 17.8 Å². The highest BCUT2D eigenvalue weighted by Gasteiger charge is 2.29. The van der Waals surface area contributed by atoms with Crippen LogP contribution in [0.1, 0.15) is 70.7 Å². The van der Waals surface area contributed by atoms with Crippen molar-refractivity contribution in [2.75, 3.05) is 10.6 Å². The largest absolute Gasteiger partial charge is 0.390 e. The van der Waals surface area contributed by atoms with Gasteiger partial charge in [0.05, 0.1) is 11.2 Å². The van der Waals surface area contributed by atoms with Crippen molar-refractivity contribution in [2.45, 2.75) is 77.5 Å². The number of carbonyl (C=O) groups excluding carboxylic acids is 1. The Morgan fingerprint density at radius 1 is 1.35 bits per heavy atom. The molecule has 0 amide bonds. The highest BCUT2D eigenvalue weighted by atomic mass is 16.3. The SMILES string of the molecule is CC(=O)c1cnc(NC2CCC(C)(O)CC2)nc1NC(C)(C)C. The Labute approximate surface area is 138 Å². The van der Waals surface area contributed by atoms with Crippen LogP contribution in [0.5, 0.6) is 0 Å². The molecule has 0 atom stereocenters. The second-order valence-corrected chi connectivity index (χ2v) is 7.80. The van der Waals surface area contributed by atoms with Crippen molar-refractivity contribution < 1.29 is 9.90 Å². The van der Waals surface area contributed by atoms with Gasteiger partial charge in [-0.2, -0.15) is 4.98 Å². The quantitative estimate of drug-likeness (QED) is 0.739. The second-order valence-electron chi connectivity index (χ2n) is 7.80. The fourth-order valence-corrected chi connectivity index (χ4v) is 2.73. The summed E-state index contributed by atoms with van der Waals surface area (Å²) in [6, 6.07) is 0.251. The first-order chi connectivity index (χ1) is 10.6. The summed E-state index contributed by atoms with van der Waals surface area (Å²) in [4.78, 5) is 20.5. The van der Waals surface area contributed by atoms with Crippen LogP contribution in [0.4, 0.5) is 11.8 Å². The van der Waals surface area contributed by atoms with Crippen LogP contribution in [0.2, 0.25) is 0 Å². The Morgan fingerprint density at radius 3 is 2.48 bits per heavy atom. The van der Waals surface area contributed by atoms with Crippen LogP contribution in [0.15, 0.2) is 6.20 Å². The molecular formula is C17H28N4O2. The number of aliphatic hydroxyl groups is 1. The molecule has 1 aliphatic carbocycles. The van der Waals surface area contributed by atoms with E-state index in [-0.39, 0.29) is 17.4 Å². The molecule has 2 rings (SSSR count). The summed E-state index contributed by atoms with van der Waals surface area (Å²) in [5.74, 6) is 1.02. The lowest BCUT2D eigenvalue weighted by molar-refractivity contribution is 0.0195. The minimum atomic E-state index is -0.559. The standard InChI is InChI=1S/C17H28N4O2/c1-11(22)13-10-18-15(20-14(13)21-16(2,3)4)19-12-6-8-17(5,23)9-7-12/h10,12,23H,6-9H2,1-5H3,(H2,18,19,20,21). The van der Waals surface area contributed by atoms with E-state index in [4.69, 9.17) is 0 Å². The van der Waals surface area contributed by atoms with E-state index in [1.807, 2.05) is 27.7 Å². The molecule has 0 saturated heterocycles. The topological polar surface area (TPSA) is 87.1 Å². The van der Waals surface area contributed by atoms with Gasteiger partial charge in [-0.1, -0.05) is 0 Å². The number of Topliss-reactive ketones (excluding diaryl/α,β-unsaturated/α-hetero) is 1. The van der Waals surface area contributed by atoms with Gasteiger partial charge < -0.3 is 15.7 Å². The van der Waals surface area contributed by atoms with Gasteiger partial charge in [-0.05, 0) is 60.3 Å². The van der Waals surface area contributed by atoms with E-state index in [1.54, 1.807) is 6.20 Å². The summed E-state index contributed by atoms with van der Waals surface area (Å²) in [5, 5.41) is 16.6. The molecule has 128 valence electrons. The monoisotopic (exact) mass is 320 g/mol. The fourth-order valence-electron chi connectivity index (χ4n) is 2.73. The van der Waals surface area contributed by atoms with Crippen molar-refractivity contribution in [1.82, 2.24) is 9.97 Å². The zero-order valence-corrected chi connectivity index (χ0v) is 14.7. The van der Waals surface area contributed by atoms with Gasteiger partial charge in [-0.25, -0.2) is 4.98 Å². The highest BCUT2D eigenvalue weighted by molar-refractivity contribution is 5.98. The maximum atomic E-state index is 11.8. The first kappa shape index (κ1) is 17.7. The number of aromatic nitrogens is 2. The van der Waals surface area contributed by atoms with Gasteiger partial charge in [0.2, 0.25) is 5.95 Å². The number of ketones is 1. The van der Waals surface area contributed by atoms with Crippen LogP contribution in [0.25, 0.3) is 0 Å². The van der Waals surface area contributed by atoms with Crippen molar-refractivity contribution in [1.29, 1.82) is 0 Å². The minimum Gasteiger partial charge on any atom is -0.390 e. The van der Waals surface area contributed by atoms with Gasteiger partial charge in [0.15, 0.2) is 5.78 Å². The Kier molecular flexibility index (Phi) is 4.94. The number of rotatable bonds is 4. The average Bonchev–Trinajstić information content (AvgIpc) is 2.39. The molecular weight excluding hydrogens is 292 g/mol. The molecule has 1 aromatic rings. The Balaban J connectivity index is 2.14. The maximum Gasteiger partial charge on any atom is 0.224 e. The number of anilines is 2. The molecule has 1 heterocycles. The van der Waals surface area contributed by atoms with Crippen LogP contribution in [-0.4, -0.2) is 38.0 Å². The van der Waals surface area contributed by atoms with Gasteiger partial charge in [0.25, 0.3) is 0 Å². The second kappa shape index (κ2) is 6.43. The lowest BCUT2D eigenvalue weighted by Gasteiger charge is -2.33. The molecule has 0 unspecified atom stereocenters. The van der Waals surface area contributed by atoms with E-state index in [9.17, 15) is 9.90 Å². The van der Waals surface area contributed by atoms with E-state index in [0.717, 1.165) is 25.7 Å². The summed E-state index contributed by atoms with van der Waals surface area (Å²) >= 11 is 0. The van der Waals surface area contributed by atoms with Gasteiger partial charge >= 0.3 is 0 Å². The zero-order valence-electron chi connectivity index (χ0n) is 14.7. The number of hydrogen-bond donors (Lipinski definition) is 3. The van der Waals surface area contributed by atoms with Crippen molar-refractivity contribution in [3.63, 3.8) is 0 Å². The summed E-state index contributed by atoms with van der Waals surface area (Å²) < 4.78 is 0. The normalized spacial score (nSPS) is 25.0. The molecule has 6 nitrogen and oxygen atoms in total. The maximum absolute atomic E-state index is 11.8. The Morgan fingerprint density at radius 2 is 1.96 bits per heavy atom. The first-order valence-electron chi connectivity index (χ1n) is 8.21. The van der Waals surface area contributed by atoms with E-state index in [0.29, 0.717) is 17.3 Å². The summed E-state index contributed by atoms with van der Waals surface area (Å²) in [7, 11) is 0. The predicted octanol–water partition coefficient (Wildman–Crippen LogP) is 3.00. The van der Waals surface area contributed by atoms with Crippen LogP contribution in [-0.2, 0) is 0 Å². The molecule has 0 bridgehead atoms. The summed E-state index contributed by atoms with van der Waals surface area (Å²) in [6.07, 6.45) is 4.87. The average molecular weight is 320 g/mol. The fraction of sp³-hybridized carbons (Fsp3) is 0.706.